The smallest absolute Gasteiger partial charge is 0.350 e. The van der Waals surface area contributed by atoms with E-state index in [-0.39, 0.29) is 5.56 Å². The molecule has 1 aromatic heterocycles. The number of H-pyrrole nitrogens is 1. The number of nitrogens with one attached hydrogen (secondary N) is 1. The molecule has 0 amide bonds. The van der Waals surface area contributed by atoms with E-state index >= 15 is 0 Å². The average Bonchev–Trinajstić information content (AvgIpc) is 2.63. The van der Waals surface area contributed by atoms with Crippen molar-refractivity contribution in [3.05, 3.63) is 34.5 Å². The highest BCUT2D eigenvalue weighted by Gasteiger charge is 2.37. The van der Waals surface area contributed by atoms with Gasteiger partial charge >= 0.3 is 6.18 Å². The Balaban J connectivity index is 2.96. The van der Waals surface area contributed by atoms with E-state index in [1.54, 1.807) is 32.0 Å². The highest BCUT2D eigenvalue weighted by Crippen LogP contribution is 2.37. The lowest BCUT2D eigenvalue weighted by molar-refractivity contribution is -0.140. The van der Waals surface area contributed by atoms with Crippen LogP contribution in [0.2, 0.25) is 0 Å². The second-order valence-corrected chi connectivity index (χ2v) is 3.93. The lowest BCUT2D eigenvalue weighted by Gasteiger charge is -2.03. The van der Waals surface area contributed by atoms with Gasteiger partial charge in [0, 0.05) is 5.39 Å². The second-order valence-electron chi connectivity index (χ2n) is 3.93. The highest BCUT2D eigenvalue weighted by atomic mass is 19.4. The predicted molar refractivity (Wildman–Crippen MR) is 57.5 cm³/mol. The summed E-state index contributed by atoms with van der Waals surface area (Å²) in [6, 6.07) is 5.09. The molecule has 88 valence electrons. The topological polar surface area (TPSA) is 39.6 Å². The van der Waals surface area contributed by atoms with Crippen LogP contribution in [-0.4, -0.2) is 4.98 Å². The minimum absolute atomic E-state index is 0.325. The van der Waals surface area contributed by atoms with Crippen LogP contribution in [-0.2, 0) is 6.18 Å². The van der Waals surface area contributed by atoms with Crippen molar-refractivity contribution in [2.45, 2.75) is 20.0 Å². The van der Waals surface area contributed by atoms with E-state index in [9.17, 15) is 13.2 Å². The Morgan fingerprint density at radius 3 is 2.29 bits per heavy atom. The molecule has 0 aliphatic heterocycles. The molecule has 0 aliphatic rings. The molecule has 5 heteroatoms. The van der Waals surface area contributed by atoms with Gasteiger partial charge in [0.05, 0.1) is 11.1 Å². The van der Waals surface area contributed by atoms with Gasteiger partial charge in [-0.15, -0.1) is 0 Å². The number of rotatable bonds is 0. The molecule has 1 heterocycles. The molecule has 0 aliphatic carbocycles. The van der Waals surface area contributed by atoms with E-state index in [0.717, 1.165) is 0 Å². The van der Waals surface area contributed by atoms with Gasteiger partial charge in [0.2, 0.25) is 0 Å². The zero-order chi connectivity index (χ0) is 12.8. The molecule has 2 rings (SSSR count). The van der Waals surface area contributed by atoms with Crippen LogP contribution < -0.4 is 0 Å². The molecule has 0 atom stereocenters. The Labute approximate surface area is 95.7 Å². The number of halogens is 3. The summed E-state index contributed by atoms with van der Waals surface area (Å²) in [5.74, 6) is 0. The van der Waals surface area contributed by atoms with Crippen molar-refractivity contribution in [3.8, 4) is 6.07 Å². The molecular formula is C12H9F3N2. The molecule has 1 aromatic carbocycles. The van der Waals surface area contributed by atoms with Crippen molar-refractivity contribution in [2.75, 3.05) is 0 Å². The van der Waals surface area contributed by atoms with Crippen LogP contribution in [0, 0.1) is 25.2 Å². The normalized spacial score (nSPS) is 11.8. The third-order valence-corrected chi connectivity index (χ3v) is 2.77. The number of fused-ring (bicyclic) bond motifs is 1. The van der Waals surface area contributed by atoms with E-state index in [4.69, 9.17) is 5.26 Å². The fourth-order valence-corrected chi connectivity index (χ4v) is 1.93. The van der Waals surface area contributed by atoms with Crippen molar-refractivity contribution in [1.29, 1.82) is 5.26 Å². The molecule has 0 bridgehead atoms. The number of nitrogens with zero attached hydrogens (tertiary/aromatic N) is 1. The monoisotopic (exact) mass is 238 g/mol. The summed E-state index contributed by atoms with van der Waals surface area (Å²) < 4.78 is 38.3. The number of hydrogen-bond donors (Lipinski definition) is 1. The van der Waals surface area contributed by atoms with Crippen molar-refractivity contribution >= 4 is 10.9 Å². The lowest BCUT2D eigenvalue weighted by atomic mass is 10.0. The minimum atomic E-state index is -4.54. The first-order chi connectivity index (χ1) is 7.86. The fourth-order valence-electron chi connectivity index (χ4n) is 1.93. The number of benzene rings is 1. The van der Waals surface area contributed by atoms with Gasteiger partial charge in [0.15, 0.2) is 0 Å². The molecule has 0 saturated carbocycles. The maximum atomic E-state index is 12.8. The molecule has 1 N–H and O–H groups in total. The van der Waals surface area contributed by atoms with Crippen LogP contribution >= 0.6 is 0 Å². The number of nitriles is 1. The van der Waals surface area contributed by atoms with E-state index in [0.29, 0.717) is 22.0 Å². The van der Waals surface area contributed by atoms with Crippen molar-refractivity contribution in [1.82, 2.24) is 4.98 Å². The Morgan fingerprint density at radius 2 is 1.76 bits per heavy atom. The molecular weight excluding hydrogens is 229 g/mol. The molecule has 0 radical (unpaired) electrons. The van der Waals surface area contributed by atoms with Gasteiger partial charge in [-0.05, 0) is 25.0 Å². The third-order valence-electron chi connectivity index (χ3n) is 2.77. The minimum Gasteiger partial charge on any atom is -0.350 e. The third kappa shape index (κ3) is 1.66. The molecule has 0 spiro atoms. The van der Waals surface area contributed by atoms with Gasteiger partial charge in [-0.25, -0.2) is 0 Å². The number of aromatic amines is 1. The highest BCUT2D eigenvalue weighted by molar-refractivity contribution is 5.92. The van der Waals surface area contributed by atoms with Crippen LogP contribution in [0.25, 0.3) is 10.9 Å². The quantitative estimate of drug-likeness (QED) is 0.747. The zero-order valence-electron chi connectivity index (χ0n) is 9.24. The lowest BCUT2D eigenvalue weighted by Crippen LogP contribution is -2.07. The summed E-state index contributed by atoms with van der Waals surface area (Å²) >= 11 is 0. The standard InChI is InChI=1S/C12H9F3N2/c1-6-3-4-7(2)10-9(6)8(5-16)11(17-10)12(13,14)15/h3-4,17H,1-2H3. The molecule has 2 aromatic rings. The second kappa shape index (κ2) is 3.52. The molecule has 0 saturated heterocycles. The maximum absolute atomic E-state index is 12.8. The van der Waals surface area contributed by atoms with Crippen LogP contribution in [0.5, 0.6) is 0 Å². The number of hydrogen-bond acceptors (Lipinski definition) is 1. The molecule has 0 fully saturated rings. The Hall–Kier alpha value is -1.96. The summed E-state index contributed by atoms with van der Waals surface area (Å²) in [4.78, 5) is 2.32. The Kier molecular flexibility index (Phi) is 2.39. The van der Waals surface area contributed by atoms with Gasteiger partial charge in [-0.3, -0.25) is 0 Å². The van der Waals surface area contributed by atoms with Crippen LogP contribution in [0.4, 0.5) is 13.2 Å². The summed E-state index contributed by atoms with van der Waals surface area (Å²) in [6.07, 6.45) is -4.54. The van der Waals surface area contributed by atoms with Gasteiger partial charge in [-0.2, -0.15) is 18.4 Å². The molecule has 0 unspecified atom stereocenters. The van der Waals surface area contributed by atoms with E-state index in [1.807, 2.05) is 0 Å². The van der Waals surface area contributed by atoms with Gasteiger partial charge in [-0.1, -0.05) is 12.1 Å². The van der Waals surface area contributed by atoms with Crippen LogP contribution in [0.1, 0.15) is 22.4 Å². The number of aryl methyl sites for hydroxylation is 2. The van der Waals surface area contributed by atoms with Crippen LogP contribution in [0.15, 0.2) is 12.1 Å². The first kappa shape index (κ1) is 11.5. The fraction of sp³-hybridized carbons (Fsp3) is 0.250. The Morgan fingerprint density at radius 1 is 1.18 bits per heavy atom. The maximum Gasteiger partial charge on any atom is 0.432 e. The summed E-state index contributed by atoms with van der Waals surface area (Å²) in [5.41, 5.74) is 0.446. The molecule has 17 heavy (non-hydrogen) atoms. The van der Waals surface area contributed by atoms with Crippen molar-refractivity contribution in [3.63, 3.8) is 0 Å². The van der Waals surface area contributed by atoms with Crippen molar-refractivity contribution < 1.29 is 13.2 Å². The molecule has 2 nitrogen and oxygen atoms in total. The Bertz CT molecular complexity index is 630. The first-order valence-electron chi connectivity index (χ1n) is 4.95. The summed E-state index contributed by atoms with van der Waals surface area (Å²) in [6.45, 7) is 3.40. The number of alkyl halides is 3. The van der Waals surface area contributed by atoms with Gasteiger partial charge in [0.1, 0.15) is 11.8 Å². The first-order valence-corrected chi connectivity index (χ1v) is 4.95. The van der Waals surface area contributed by atoms with Gasteiger partial charge < -0.3 is 4.98 Å². The average molecular weight is 238 g/mol. The van der Waals surface area contributed by atoms with E-state index in [2.05, 4.69) is 4.98 Å². The number of aromatic nitrogens is 1. The van der Waals surface area contributed by atoms with Gasteiger partial charge in [0.25, 0.3) is 0 Å². The van der Waals surface area contributed by atoms with E-state index < -0.39 is 11.9 Å². The zero-order valence-corrected chi connectivity index (χ0v) is 9.24. The van der Waals surface area contributed by atoms with E-state index in [1.165, 1.54) is 0 Å². The predicted octanol–water partition coefficient (Wildman–Crippen LogP) is 3.68. The largest absolute Gasteiger partial charge is 0.432 e. The van der Waals surface area contributed by atoms with Crippen LogP contribution in [0.3, 0.4) is 0 Å². The van der Waals surface area contributed by atoms with Crippen molar-refractivity contribution in [2.24, 2.45) is 0 Å². The summed E-state index contributed by atoms with van der Waals surface area (Å²) in [7, 11) is 0. The summed E-state index contributed by atoms with van der Waals surface area (Å²) in [5, 5.41) is 9.27. The SMILES string of the molecule is Cc1ccc(C)c2c(C#N)c(C(F)(F)F)[nH]c12.